The highest BCUT2D eigenvalue weighted by molar-refractivity contribution is 9.11. The van der Waals surface area contributed by atoms with Gasteiger partial charge in [-0.3, -0.25) is 0 Å². The minimum atomic E-state index is 0.627. The fraction of sp³-hybridized carbons (Fsp3) is 0.400. The van der Waals surface area contributed by atoms with Crippen molar-refractivity contribution in [3.8, 4) is 0 Å². The van der Waals surface area contributed by atoms with E-state index in [9.17, 15) is 0 Å². The summed E-state index contributed by atoms with van der Waals surface area (Å²) in [5.74, 6) is 0. The Bertz CT molecular complexity index is 82.1. The molecule has 0 fully saturated rings. The zero-order valence-corrected chi connectivity index (χ0v) is 5.73. The average molecular weight is 163 g/mol. The van der Waals surface area contributed by atoms with Gasteiger partial charge in [-0.25, -0.2) is 0 Å². The Morgan fingerprint density at radius 2 is 2.57 bits per heavy atom. The first-order chi connectivity index (χ1) is 3.41. The highest BCUT2D eigenvalue weighted by Crippen LogP contribution is 1.77. The second-order valence-corrected chi connectivity index (χ2v) is 1.39. The number of methoxy groups -OCH3 is 1. The molecule has 0 N–H and O–H groups in total. The van der Waals surface area contributed by atoms with Crippen LogP contribution in [0.2, 0.25) is 0 Å². The lowest BCUT2D eigenvalue weighted by atomic mass is 10.6. The molecule has 7 heavy (non-hydrogen) atoms. The summed E-state index contributed by atoms with van der Waals surface area (Å²) in [6.07, 6.45) is 1.79. The van der Waals surface area contributed by atoms with Crippen LogP contribution in [0.3, 0.4) is 0 Å². The quantitative estimate of drug-likeness (QED) is 0.563. The van der Waals surface area contributed by atoms with Crippen LogP contribution in [0.25, 0.3) is 0 Å². The third kappa shape index (κ3) is 5.96. The zero-order valence-electron chi connectivity index (χ0n) is 4.15. The molecule has 0 amide bonds. The van der Waals surface area contributed by atoms with Gasteiger partial charge in [0.25, 0.3) is 0 Å². The van der Waals surface area contributed by atoms with Crippen LogP contribution in [-0.2, 0) is 4.74 Å². The summed E-state index contributed by atoms with van der Waals surface area (Å²) >= 11 is 3.06. The lowest BCUT2D eigenvalue weighted by Crippen LogP contribution is -1.77. The molecule has 0 aromatic heterocycles. The Balaban J connectivity index is 3.10. The fourth-order valence-electron chi connectivity index (χ4n) is 0.176. The molecule has 0 radical (unpaired) electrons. The van der Waals surface area contributed by atoms with Gasteiger partial charge in [0.2, 0.25) is 0 Å². The van der Waals surface area contributed by atoms with Crippen molar-refractivity contribution in [2.45, 2.75) is 0 Å². The molecule has 0 atom stereocenters. The van der Waals surface area contributed by atoms with E-state index in [-0.39, 0.29) is 0 Å². The number of hydrogen-bond donors (Lipinski definition) is 0. The molecule has 0 bridgehead atoms. The van der Waals surface area contributed by atoms with E-state index in [0.717, 1.165) is 0 Å². The Hall–Kier alpha value is -0.0400. The number of ether oxygens (including phenoxy) is 1. The van der Waals surface area contributed by atoms with Crippen LogP contribution in [0.15, 0.2) is 16.8 Å². The van der Waals surface area contributed by atoms with Gasteiger partial charge in [-0.2, -0.15) is 0 Å². The van der Waals surface area contributed by atoms with Crippen molar-refractivity contribution < 1.29 is 4.74 Å². The van der Waals surface area contributed by atoms with Crippen molar-refractivity contribution in [1.82, 2.24) is 0 Å². The van der Waals surface area contributed by atoms with Crippen molar-refractivity contribution in [2.75, 3.05) is 13.7 Å². The Labute approximate surface area is 51.8 Å². The van der Waals surface area contributed by atoms with Crippen molar-refractivity contribution in [1.29, 1.82) is 0 Å². The van der Waals surface area contributed by atoms with E-state index in [0.29, 0.717) is 6.61 Å². The van der Waals surface area contributed by atoms with Crippen LogP contribution in [0.1, 0.15) is 0 Å². The van der Waals surface area contributed by atoms with E-state index in [4.69, 9.17) is 0 Å². The maximum absolute atomic E-state index is 4.69. The number of halogens is 1. The Kier molecular flexibility index (Phi) is 5.93. The van der Waals surface area contributed by atoms with E-state index in [1.54, 1.807) is 18.2 Å². The highest BCUT2D eigenvalue weighted by Gasteiger charge is 1.62. The van der Waals surface area contributed by atoms with Gasteiger partial charge in [0.05, 0.1) is 6.61 Å². The number of rotatable bonds is 2. The normalized spacial score (nSPS) is 7.14. The summed E-state index contributed by atoms with van der Waals surface area (Å²) in [6, 6.07) is 0. The van der Waals surface area contributed by atoms with Crippen molar-refractivity contribution in [3.05, 3.63) is 16.8 Å². The minimum Gasteiger partial charge on any atom is -0.380 e. The first kappa shape index (κ1) is 6.96. The summed E-state index contributed by atoms with van der Waals surface area (Å²) < 4.78 is 4.69. The predicted molar refractivity (Wildman–Crippen MR) is 33.5 cm³/mol. The van der Waals surface area contributed by atoms with Gasteiger partial charge in [-0.15, -0.1) is 5.73 Å². The topological polar surface area (TPSA) is 9.23 Å². The summed E-state index contributed by atoms with van der Waals surface area (Å²) in [5, 5.41) is 0. The minimum absolute atomic E-state index is 0.627. The second kappa shape index (κ2) is 5.96. The van der Waals surface area contributed by atoms with Gasteiger partial charge in [0, 0.05) is 12.1 Å². The van der Waals surface area contributed by atoms with Crippen LogP contribution in [0.5, 0.6) is 0 Å². The molecule has 0 saturated carbocycles. The van der Waals surface area contributed by atoms with Crippen molar-refractivity contribution in [3.63, 3.8) is 0 Å². The van der Waals surface area contributed by atoms with Gasteiger partial charge >= 0.3 is 0 Å². The molecule has 2 heteroatoms. The molecule has 0 rings (SSSR count). The van der Waals surface area contributed by atoms with Gasteiger partial charge in [0.15, 0.2) is 0 Å². The van der Waals surface area contributed by atoms with Crippen molar-refractivity contribution >= 4 is 15.9 Å². The standard InChI is InChI=1S/C5H7BrO/c1-7-5-3-2-4-6/h3-4H,5H2,1H3. The molecule has 0 aromatic rings. The van der Waals surface area contributed by atoms with E-state index in [1.165, 1.54) is 0 Å². The molecule has 0 aliphatic heterocycles. The summed E-state index contributed by atoms with van der Waals surface area (Å²) in [5.41, 5.74) is 2.79. The average Bonchev–Trinajstić information content (AvgIpc) is 1.69. The van der Waals surface area contributed by atoms with Crippen LogP contribution in [-0.4, -0.2) is 13.7 Å². The summed E-state index contributed by atoms with van der Waals surface area (Å²) in [7, 11) is 1.65. The third-order valence-electron chi connectivity index (χ3n) is 0.431. The molecule has 0 unspecified atom stereocenters. The molecule has 0 heterocycles. The van der Waals surface area contributed by atoms with E-state index in [1.807, 2.05) is 0 Å². The van der Waals surface area contributed by atoms with Gasteiger partial charge in [0.1, 0.15) is 0 Å². The van der Waals surface area contributed by atoms with Crippen LogP contribution >= 0.6 is 15.9 Å². The molecule has 0 saturated heterocycles. The maximum atomic E-state index is 4.69. The Morgan fingerprint density at radius 1 is 1.86 bits per heavy atom. The highest BCUT2D eigenvalue weighted by atomic mass is 79.9. The maximum Gasteiger partial charge on any atom is 0.0717 e. The third-order valence-corrected chi connectivity index (χ3v) is 0.695. The van der Waals surface area contributed by atoms with E-state index >= 15 is 0 Å². The lowest BCUT2D eigenvalue weighted by molar-refractivity contribution is 0.234. The number of hydrogen-bond acceptors (Lipinski definition) is 1. The fourth-order valence-corrected chi connectivity index (χ4v) is 0.363. The molecule has 0 aliphatic rings. The molecule has 0 aromatic carbocycles. The molecular formula is C5H7BrO. The first-order valence-corrected chi connectivity index (χ1v) is 2.82. The van der Waals surface area contributed by atoms with Crippen molar-refractivity contribution in [2.24, 2.45) is 0 Å². The van der Waals surface area contributed by atoms with Crippen LogP contribution in [0, 0.1) is 0 Å². The largest absolute Gasteiger partial charge is 0.380 e. The van der Waals surface area contributed by atoms with Gasteiger partial charge in [-0.1, -0.05) is 15.9 Å². The lowest BCUT2D eigenvalue weighted by Gasteiger charge is -1.80. The monoisotopic (exact) mass is 162 g/mol. The summed E-state index contributed by atoms with van der Waals surface area (Å²) in [4.78, 5) is 1.66. The second-order valence-electron chi connectivity index (χ2n) is 0.935. The molecule has 0 spiro atoms. The molecule has 40 valence electrons. The van der Waals surface area contributed by atoms with Gasteiger partial charge < -0.3 is 4.74 Å². The van der Waals surface area contributed by atoms with E-state index < -0.39 is 0 Å². The van der Waals surface area contributed by atoms with E-state index in [2.05, 4.69) is 26.4 Å². The molecule has 1 nitrogen and oxygen atoms in total. The zero-order chi connectivity index (χ0) is 5.54. The SMILES string of the molecule is COCC=C=CBr. The van der Waals surface area contributed by atoms with Crippen LogP contribution < -0.4 is 0 Å². The predicted octanol–water partition coefficient (Wildman–Crippen LogP) is 1.70. The Morgan fingerprint density at radius 3 is 3.00 bits per heavy atom. The summed E-state index contributed by atoms with van der Waals surface area (Å²) in [6.45, 7) is 0.627. The first-order valence-electron chi connectivity index (χ1n) is 1.90. The molecule has 0 aliphatic carbocycles. The van der Waals surface area contributed by atoms with Gasteiger partial charge in [-0.05, 0) is 6.08 Å². The smallest absolute Gasteiger partial charge is 0.0717 e. The van der Waals surface area contributed by atoms with Crippen LogP contribution in [0.4, 0.5) is 0 Å². The molecular weight excluding hydrogens is 156 g/mol.